The quantitative estimate of drug-likeness (QED) is 0.566. The smallest absolute Gasteiger partial charge is 0.280 e. The first-order chi connectivity index (χ1) is 4.84. The first-order valence-electron chi connectivity index (χ1n) is 3.03. The second kappa shape index (κ2) is 3.80. The van der Waals surface area contributed by atoms with Crippen molar-refractivity contribution in [3.63, 3.8) is 0 Å². The molecule has 1 atom stereocenters. The molecule has 1 unspecified atom stereocenters. The van der Waals surface area contributed by atoms with Crippen molar-refractivity contribution in [3.8, 4) is 0 Å². The summed E-state index contributed by atoms with van der Waals surface area (Å²) in [5.41, 5.74) is 0. The van der Waals surface area contributed by atoms with E-state index in [1.165, 1.54) is 13.8 Å². The van der Waals surface area contributed by atoms with Gasteiger partial charge in [-0.2, -0.15) is 8.42 Å². The molecule has 0 saturated heterocycles. The summed E-state index contributed by atoms with van der Waals surface area (Å²) in [6, 6.07) is 0. The topological polar surface area (TPSA) is 83.5 Å². The molecule has 0 aliphatic rings. The van der Waals surface area contributed by atoms with Crippen LogP contribution in [0.15, 0.2) is 0 Å². The van der Waals surface area contributed by atoms with E-state index in [2.05, 4.69) is 5.32 Å². The fraction of sp³-hybridized carbons (Fsp3) is 0.800. The van der Waals surface area contributed by atoms with E-state index in [-0.39, 0.29) is 12.3 Å². The molecular formula is C5H11NO4S. The molecule has 66 valence electrons. The van der Waals surface area contributed by atoms with Gasteiger partial charge in [0.15, 0.2) is 0 Å². The summed E-state index contributed by atoms with van der Waals surface area (Å²) in [6.45, 7) is 2.53. The average Bonchev–Trinajstić information content (AvgIpc) is 1.80. The van der Waals surface area contributed by atoms with Crippen LogP contribution in [0.25, 0.3) is 0 Å². The first kappa shape index (κ1) is 10.5. The molecule has 0 bridgehead atoms. The Kier molecular flexibility index (Phi) is 3.64. The van der Waals surface area contributed by atoms with Crippen molar-refractivity contribution < 1.29 is 17.8 Å². The van der Waals surface area contributed by atoms with E-state index in [0.29, 0.717) is 0 Å². The molecule has 0 amide bonds. The van der Waals surface area contributed by atoms with Crippen molar-refractivity contribution in [1.82, 2.24) is 5.32 Å². The molecule has 0 aliphatic heterocycles. The Morgan fingerprint density at radius 2 is 2.09 bits per heavy atom. The summed E-state index contributed by atoms with van der Waals surface area (Å²) < 4.78 is 29.0. The van der Waals surface area contributed by atoms with Gasteiger partial charge in [-0.05, 0) is 13.8 Å². The van der Waals surface area contributed by atoms with Gasteiger partial charge in [0.05, 0.1) is 6.54 Å². The van der Waals surface area contributed by atoms with Crippen LogP contribution in [-0.4, -0.2) is 30.7 Å². The highest BCUT2D eigenvalue weighted by Gasteiger charge is 2.15. The summed E-state index contributed by atoms with van der Waals surface area (Å²) in [4.78, 5) is 10.3. The monoisotopic (exact) mass is 181 g/mol. The Balaban J connectivity index is 3.90. The third kappa shape index (κ3) is 4.88. The van der Waals surface area contributed by atoms with Crippen LogP contribution in [0.3, 0.4) is 0 Å². The lowest BCUT2D eigenvalue weighted by molar-refractivity contribution is -0.116. The molecule has 0 radical (unpaired) electrons. The molecule has 11 heavy (non-hydrogen) atoms. The van der Waals surface area contributed by atoms with Gasteiger partial charge in [0.2, 0.25) is 0 Å². The van der Waals surface area contributed by atoms with E-state index in [0.717, 1.165) is 0 Å². The average molecular weight is 181 g/mol. The zero-order valence-electron chi connectivity index (χ0n) is 6.36. The fourth-order valence-corrected chi connectivity index (χ4v) is 0.687. The number of Topliss-reactive ketones (excluding diaryl/α,β-unsaturated/α-hetero) is 1. The number of carbonyl (C=O) groups excluding carboxylic acids is 1. The van der Waals surface area contributed by atoms with E-state index in [9.17, 15) is 13.2 Å². The number of hydrogen-bond donors (Lipinski definition) is 2. The summed E-state index contributed by atoms with van der Waals surface area (Å²) >= 11 is 0. The van der Waals surface area contributed by atoms with E-state index in [1.807, 2.05) is 0 Å². The number of nitrogens with one attached hydrogen (secondary N) is 1. The number of hydrogen-bond acceptors (Lipinski definition) is 4. The highest BCUT2D eigenvalue weighted by Crippen LogP contribution is 1.90. The minimum absolute atomic E-state index is 0.0546. The zero-order valence-corrected chi connectivity index (χ0v) is 7.18. The maximum Gasteiger partial charge on any atom is 0.280 e. The number of carbonyl (C=O) groups is 1. The SMILES string of the molecule is CC(=O)CNC(C)S(=O)(=O)O. The Bertz CT molecular complexity index is 233. The Morgan fingerprint density at radius 1 is 1.64 bits per heavy atom. The molecule has 0 spiro atoms. The van der Waals surface area contributed by atoms with Gasteiger partial charge in [-0.25, -0.2) is 0 Å². The fourth-order valence-electron chi connectivity index (χ4n) is 0.393. The Hall–Kier alpha value is -0.460. The van der Waals surface area contributed by atoms with Crippen molar-refractivity contribution in [2.45, 2.75) is 19.2 Å². The number of rotatable bonds is 4. The van der Waals surface area contributed by atoms with Crippen molar-refractivity contribution >= 4 is 15.9 Å². The molecular weight excluding hydrogens is 170 g/mol. The summed E-state index contributed by atoms with van der Waals surface area (Å²) in [6.07, 6.45) is 0. The van der Waals surface area contributed by atoms with Crippen molar-refractivity contribution in [2.75, 3.05) is 6.54 Å². The van der Waals surface area contributed by atoms with Gasteiger partial charge in [0, 0.05) is 0 Å². The maximum atomic E-state index is 10.3. The molecule has 0 fully saturated rings. The summed E-state index contributed by atoms with van der Waals surface area (Å²) in [7, 11) is -4.06. The third-order valence-electron chi connectivity index (χ3n) is 1.09. The minimum atomic E-state index is -4.06. The van der Waals surface area contributed by atoms with Crippen molar-refractivity contribution in [1.29, 1.82) is 0 Å². The predicted molar refractivity (Wildman–Crippen MR) is 39.7 cm³/mol. The first-order valence-corrected chi connectivity index (χ1v) is 4.53. The van der Waals surface area contributed by atoms with Gasteiger partial charge in [0.25, 0.3) is 10.1 Å². The second-order valence-electron chi connectivity index (χ2n) is 2.24. The maximum absolute atomic E-state index is 10.3. The lowest BCUT2D eigenvalue weighted by Crippen LogP contribution is -2.36. The molecule has 0 aromatic heterocycles. The molecule has 0 aromatic rings. The molecule has 0 aliphatic carbocycles. The van der Waals surface area contributed by atoms with Crippen LogP contribution in [0.4, 0.5) is 0 Å². The third-order valence-corrected chi connectivity index (χ3v) is 2.15. The van der Waals surface area contributed by atoms with Crippen LogP contribution < -0.4 is 5.32 Å². The van der Waals surface area contributed by atoms with Gasteiger partial charge in [-0.1, -0.05) is 0 Å². The second-order valence-corrected chi connectivity index (χ2v) is 3.98. The molecule has 2 N–H and O–H groups in total. The highest BCUT2D eigenvalue weighted by atomic mass is 32.2. The predicted octanol–water partition coefficient (Wildman–Crippen LogP) is -0.601. The molecule has 5 nitrogen and oxygen atoms in total. The Morgan fingerprint density at radius 3 is 2.36 bits per heavy atom. The van der Waals surface area contributed by atoms with E-state index < -0.39 is 15.5 Å². The highest BCUT2D eigenvalue weighted by molar-refractivity contribution is 7.86. The standard InChI is InChI=1S/C5H11NO4S/c1-4(7)3-6-5(2)11(8,9)10/h5-6H,3H2,1-2H3,(H,8,9,10). The lowest BCUT2D eigenvalue weighted by Gasteiger charge is -2.07. The van der Waals surface area contributed by atoms with Gasteiger partial charge in [0.1, 0.15) is 11.2 Å². The van der Waals surface area contributed by atoms with Gasteiger partial charge < -0.3 is 0 Å². The largest absolute Gasteiger partial charge is 0.299 e. The van der Waals surface area contributed by atoms with Gasteiger partial charge in [-0.15, -0.1) is 0 Å². The van der Waals surface area contributed by atoms with Crippen molar-refractivity contribution in [3.05, 3.63) is 0 Å². The summed E-state index contributed by atoms with van der Waals surface area (Å²) in [5.74, 6) is -0.180. The van der Waals surface area contributed by atoms with Crippen LogP contribution in [-0.2, 0) is 14.9 Å². The van der Waals surface area contributed by atoms with Crippen LogP contribution in [0, 0.1) is 0 Å². The molecule has 0 saturated carbocycles. The molecule has 0 rings (SSSR count). The van der Waals surface area contributed by atoms with Crippen LogP contribution in [0.2, 0.25) is 0 Å². The van der Waals surface area contributed by atoms with E-state index >= 15 is 0 Å². The number of ketones is 1. The molecule has 0 heterocycles. The van der Waals surface area contributed by atoms with Gasteiger partial charge >= 0.3 is 0 Å². The van der Waals surface area contributed by atoms with Crippen molar-refractivity contribution in [2.24, 2.45) is 0 Å². The normalized spacial score (nSPS) is 14.5. The molecule has 6 heteroatoms. The lowest BCUT2D eigenvalue weighted by atomic mass is 10.4. The zero-order chi connectivity index (χ0) is 9.07. The summed E-state index contributed by atoms with van der Waals surface area (Å²) in [5, 5.41) is 1.24. The van der Waals surface area contributed by atoms with Crippen LogP contribution >= 0.6 is 0 Å². The molecule has 0 aromatic carbocycles. The van der Waals surface area contributed by atoms with E-state index in [4.69, 9.17) is 4.55 Å². The van der Waals surface area contributed by atoms with Crippen LogP contribution in [0.5, 0.6) is 0 Å². The Labute approximate surface area is 65.5 Å². The minimum Gasteiger partial charge on any atom is -0.299 e. The van der Waals surface area contributed by atoms with Gasteiger partial charge in [-0.3, -0.25) is 14.7 Å². The van der Waals surface area contributed by atoms with Crippen LogP contribution in [0.1, 0.15) is 13.8 Å². The van der Waals surface area contributed by atoms with E-state index in [1.54, 1.807) is 0 Å².